The number of hydrogen-bond acceptors (Lipinski definition) is 6. The van der Waals surface area contributed by atoms with Crippen LogP contribution in [0.1, 0.15) is 29.6 Å². The van der Waals surface area contributed by atoms with Crippen molar-refractivity contribution in [1.82, 2.24) is 4.98 Å². The Morgan fingerprint density at radius 2 is 2.36 bits per heavy atom. The standard InChI is InChI=1S/C17H17BrClN3O2S/c18-13-14-16(24-17(13)15-10(20)4-1-5-23-15)11(7-12(19)22-14)21-8-9-3-2-6-25-9/h2-3,6-7,10,15H,1,4-5,8,20H2,(H,21,22)/t10-,15-/m0/s1. The molecule has 0 spiro atoms. The second-order valence-electron chi connectivity index (χ2n) is 5.98. The molecule has 2 atom stereocenters. The lowest BCUT2D eigenvalue weighted by Gasteiger charge is -2.27. The van der Waals surface area contributed by atoms with Crippen LogP contribution < -0.4 is 11.1 Å². The summed E-state index contributed by atoms with van der Waals surface area (Å²) in [5.41, 5.74) is 8.37. The fourth-order valence-electron chi connectivity index (χ4n) is 3.01. The van der Waals surface area contributed by atoms with Crippen LogP contribution in [0.3, 0.4) is 0 Å². The van der Waals surface area contributed by atoms with Gasteiger partial charge in [0.1, 0.15) is 16.8 Å². The maximum atomic E-state index is 6.23. The van der Waals surface area contributed by atoms with E-state index in [1.165, 1.54) is 4.88 Å². The predicted molar refractivity (Wildman–Crippen MR) is 104 cm³/mol. The van der Waals surface area contributed by atoms with Crippen molar-refractivity contribution in [2.24, 2.45) is 5.73 Å². The molecule has 1 fully saturated rings. The Kier molecular flexibility index (Phi) is 5.01. The Labute approximate surface area is 162 Å². The highest BCUT2D eigenvalue weighted by Crippen LogP contribution is 2.41. The molecule has 0 amide bonds. The van der Waals surface area contributed by atoms with E-state index in [1.807, 2.05) is 6.07 Å². The number of nitrogens with one attached hydrogen (secondary N) is 1. The zero-order valence-electron chi connectivity index (χ0n) is 13.3. The van der Waals surface area contributed by atoms with E-state index in [1.54, 1.807) is 17.4 Å². The lowest BCUT2D eigenvalue weighted by atomic mass is 10.0. The van der Waals surface area contributed by atoms with Gasteiger partial charge in [0.15, 0.2) is 11.3 Å². The molecule has 25 heavy (non-hydrogen) atoms. The fraction of sp³-hybridized carbons (Fsp3) is 0.353. The summed E-state index contributed by atoms with van der Waals surface area (Å²) in [6, 6.07) is 5.79. The van der Waals surface area contributed by atoms with E-state index >= 15 is 0 Å². The SMILES string of the molecule is N[C@H]1CCCO[C@@H]1c1oc2c(NCc3cccs3)cc(Cl)nc2c1Br. The number of furan rings is 1. The Balaban J connectivity index is 1.72. The summed E-state index contributed by atoms with van der Waals surface area (Å²) in [7, 11) is 0. The van der Waals surface area contributed by atoms with E-state index < -0.39 is 0 Å². The van der Waals surface area contributed by atoms with Crippen LogP contribution in [0.15, 0.2) is 32.5 Å². The molecule has 8 heteroatoms. The van der Waals surface area contributed by atoms with Gasteiger partial charge in [0.25, 0.3) is 0 Å². The van der Waals surface area contributed by atoms with Crippen LogP contribution in [0.4, 0.5) is 5.69 Å². The van der Waals surface area contributed by atoms with E-state index in [2.05, 4.69) is 37.7 Å². The van der Waals surface area contributed by atoms with Gasteiger partial charge in [0, 0.05) is 30.1 Å². The van der Waals surface area contributed by atoms with E-state index in [-0.39, 0.29) is 12.1 Å². The van der Waals surface area contributed by atoms with Gasteiger partial charge in [-0.05, 0) is 40.2 Å². The molecule has 0 aromatic carbocycles. The normalized spacial score (nSPS) is 20.9. The zero-order chi connectivity index (χ0) is 17.4. The quantitative estimate of drug-likeness (QED) is 0.550. The van der Waals surface area contributed by atoms with Crippen molar-refractivity contribution in [3.63, 3.8) is 0 Å². The van der Waals surface area contributed by atoms with Crippen LogP contribution in [-0.2, 0) is 11.3 Å². The second-order valence-corrected chi connectivity index (χ2v) is 8.19. The highest BCUT2D eigenvalue weighted by Gasteiger charge is 2.31. The van der Waals surface area contributed by atoms with Crippen molar-refractivity contribution in [2.75, 3.05) is 11.9 Å². The van der Waals surface area contributed by atoms with Gasteiger partial charge in [-0.3, -0.25) is 0 Å². The smallest absolute Gasteiger partial charge is 0.177 e. The molecule has 0 radical (unpaired) electrons. The van der Waals surface area contributed by atoms with Gasteiger partial charge >= 0.3 is 0 Å². The number of thiophene rings is 1. The molecule has 3 aromatic rings. The van der Waals surface area contributed by atoms with Crippen molar-refractivity contribution in [2.45, 2.75) is 31.5 Å². The van der Waals surface area contributed by atoms with Gasteiger partial charge in [0.2, 0.25) is 0 Å². The number of rotatable bonds is 4. The average Bonchev–Trinajstić information content (AvgIpc) is 3.22. The molecule has 4 heterocycles. The van der Waals surface area contributed by atoms with Crippen molar-refractivity contribution < 1.29 is 9.15 Å². The van der Waals surface area contributed by atoms with Crippen LogP contribution in [-0.4, -0.2) is 17.6 Å². The number of aromatic nitrogens is 1. The minimum Gasteiger partial charge on any atom is -0.453 e. The molecule has 0 aliphatic carbocycles. The molecule has 1 aliphatic rings. The van der Waals surface area contributed by atoms with Gasteiger partial charge in [-0.25, -0.2) is 4.98 Å². The number of ether oxygens (including phenoxy) is 1. The maximum Gasteiger partial charge on any atom is 0.177 e. The van der Waals surface area contributed by atoms with Gasteiger partial charge in [0.05, 0.1) is 10.2 Å². The molecule has 5 nitrogen and oxygen atoms in total. The summed E-state index contributed by atoms with van der Waals surface area (Å²) < 4.78 is 12.7. The zero-order valence-corrected chi connectivity index (χ0v) is 16.5. The minimum atomic E-state index is -0.277. The second kappa shape index (κ2) is 7.25. The van der Waals surface area contributed by atoms with Gasteiger partial charge in [-0.15, -0.1) is 11.3 Å². The highest BCUT2D eigenvalue weighted by molar-refractivity contribution is 9.10. The molecular weight excluding hydrogens is 426 g/mol. The summed E-state index contributed by atoms with van der Waals surface area (Å²) in [6.45, 7) is 1.37. The number of nitrogens with zero attached hydrogens (tertiary/aromatic N) is 1. The minimum absolute atomic E-state index is 0.0939. The predicted octanol–water partition coefficient (Wildman–Crippen LogP) is 5.10. The summed E-state index contributed by atoms with van der Waals surface area (Å²) >= 11 is 11.5. The number of halogens is 2. The summed E-state index contributed by atoms with van der Waals surface area (Å²) in [5.74, 6) is 0.677. The van der Waals surface area contributed by atoms with E-state index in [0.29, 0.717) is 35.2 Å². The number of hydrogen-bond donors (Lipinski definition) is 2. The van der Waals surface area contributed by atoms with Crippen LogP contribution in [0.5, 0.6) is 0 Å². The van der Waals surface area contributed by atoms with Crippen LogP contribution in [0, 0.1) is 0 Å². The molecule has 3 N–H and O–H groups in total. The number of fused-ring (bicyclic) bond motifs is 1. The first-order valence-corrected chi connectivity index (χ1v) is 10.1. The number of pyridine rings is 1. The molecule has 3 aromatic heterocycles. The van der Waals surface area contributed by atoms with E-state index in [0.717, 1.165) is 23.0 Å². The maximum absolute atomic E-state index is 6.23. The highest BCUT2D eigenvalue weighted by atomic mass is 79.9. The average molecular weight is 443 g/mol. The molecule has 0 bridgehead atoms. The Hall–Kier alpha value is -1.12. The Morgan fingerprint density at radius 3 is 3.12 bits per heavy atom. The van der Waals surface area contributed by atoms with E-state index in [4.69, 9.17) is 26.5 Å². The lowest BCUT2D eigenvalue weighted by molar-refractivity contribution is -0.0121. The number of nitrogens with two attached hydrogens (primary N) is 1. The van der Waals surface area contributed by atoms with Crippen LogP contribution in [0.2, 0.25) is 5.15 Å². The topological polar surface area (TPSA) is 73.3 Å². The first-order chi connectivity index (χ1) is 12.1. The fourth-order valence-corrected chi connectivity index (χ4v) is 4.42. The molecule has 0 saturated carbocycles. The lowest BCUT2D eigenvalue weighted by Crippen LogP contribution is -2.34. The van der Waals surface area contributed by atoms with E-state index in [9.17, 15) is 0 Å². The Bertz CT molecular complexity index is 884. The van der Waals surface area contributed by atoms with Gasteiger partial charge in [-0.1, -0.05) is 17.7 Å². The van der Waals surface area contributed by atoms with Gasteiger partial charge in [-0.2, -0.15) is 0 Å². The molecule has 0 unspecified atom stereocenters. The molecule has 1 saturated heterocycles. The van der Waals surface area contributed by atoms with Crippen molar-refractivity contribution in [3.05, 3.63) is 43.8 Å². The first kappa shape index (κ1) is 17.3. The summed E-state index contributed by atoms with van der Waals surface area (Å²) in [6.07, 6.45) is 1.60. The van der Waals surface area contributed by atoms with Crippen LogP contribution in [0.25, 0.3) is 11.1 Å². The van der Waals surface area contributed by atoms with Crippen molar-refractivity contribution >= 4 is 55.7 Å². The first-order valence-electron chi connectivity index (χ1n) is 8.05. The third-order valence-electron chi connectivity index (χ3n) is 4.24. The molecule has 132 valence electrons. The van der Waals surface area contributed by atoms with Crippen molar-refractivity contribution in [3.8, 4) is 0 Å². The van der Waals surface area contributed by atoms with Crippen molar-refractivity contribution in [1.29, 1.82) is 0 Å². The third-order valence-corrected chi connectivity index (χ3v) is 6.07. The van der Waals surface area contributed by atoms with Gasteiger partial charge < -0.3 is 20.2 Å². The Morgan fingerprint density at radius 1 is 1.48 bits per heavy atom. The molecule has 1 aliphatic heterocycles. The third kappa shape index (κ3) is 3.44. The summed E-state index contributed by atoms with van der Waals surface area (Å²) in [5, 5.41) is 5.84. The summed E-state index contributed by atoms with van der Waals surface area (Å²) in [4.78, 5) is 5.64. The van der Waals surface area contributed by atoms with Crippen LogP contribution >= 0.6 is 38.9 Å². The molecular formula is C17H17BrClN3O2S. The molecule has 4 rings (SSSR count). The monoisotopic (exact) mass is 441 g/mol. The largest absolute Gasteiger partial charge is 0.453 e. The number of anilines is 1.